The minimum atomic E-state index is -4.39. The van der Waals surface area contributed by atoms with Crippen LogP contribution in [-0.2, 0) is 4.79 Å². The zero-order chi connectivity index (χ0) is 14.8. The molecule has 20 heavy (non-hydrogen) atoms. The van der Waals surface area contributed by atoms with Crippen molar-refractivity contribution < 1.29 is 22.5 Å². The highest BCUT2D eigenvalue weighted by atomic mass is 19.4. The lowest BCUT2D eigenvalue weighted by Crippen LogP contribution is -2.40. The SMILES string of the molecule is Cc1cc([C@H]2CCCN2CC(=O)NCC(F)(F)F)no1. The van der Waals surface area contributed by atoms with Crippen molar-refractivity contribution in [2.24, 2.45) is 0 Å². The molecule has 1 aromatic heterocycles. The number of alkyl halides is 3. The number of amides is 1. The topological polar surface area (TPSA) is 58.4 Å². The first-order chi connectivity index (χ1) is 9.35. The van der Waals surface area contributed by atoms with Crippen LogP contribution in [0.25, 0.3) is 0 Å². The highest BCUT2D eigenvalue weighted by Gasteiger charge is 2.31. The van der Waals surface area contributed by atoms with Crippen molar-refractivity contribution in [3.63, 3.8) is 0 Å². The lowest BCUT2D eigenvalue weighted by molar-refractivity contribution is -0.139. The summed E-state index contributed by atoms with van der Waals surface area (Å²) in [5.41, 5.74) is 0.726. The Kier molecular flexibility index (Phi) is 4.32. The minimum absolute atomic E-state index is 0.0628. The number of aromatic nitrogens is 1. The number of aryl methyl sites for hydroxylation is 1. The van der Waals surface area contributed by atoms with Crippen LogP contribution in [0.4, 0.5) is 13.2 Å². The van der Waals surface area contributed by atoms with Gasteiger partial charge in [-0.25, -0.2) is 0 Å². The standard InChI is InChI=1S/C12H16F3N3O2/c1-8-5-9(17-20-8)10-3-2-4-18(10)6-11(19)16-7-12(13,14)15/h5,10H,2-4,6-7H2,1H3,(H,16,19)/t10-/m1/s1. The maximum atomic E-state index is 12.0. The Morgan fingerprint density at radius 3 is 2.95 bits per heavy atom. The lowest BCUT2D eigenvalue weighted by Gasteiger charge is -2.22. The van der Waals surface area contributed by atoms with Gasteiger partial charge in [-0.05, 0) is 26.3 Å². The fourth-order valence-corrected chi connectivity index (χ4v) is 2.33. The largest absolute Gasteiger partial charge is 0.405 e. The summed E-state index contributed by atoms with van der Waals surface area (Å²) in [6.45, 7) is 1.07. The van der Waals surface area contributed by atoms with E-state index >= 15 is 0 Å². The summed E-state index contributed by atoms with van der Waals surface area (Å²) in [5, 5.41) is 5.79. The summed E-state index contributed by atoms with van der Waals surface area (Å²) in [4.78, 5) is 13.4. The van der Waals surface area contributed by atoms with Crippen LogP contribution in [-0.4, -0.2) is 41.8 Å². The molecule has 8 heteroatoms. The second-order valence-electron chi connectivity index (χ2n) is 4.88. The number of carbonyl (C=O) groups excluding carboxylic acids is 1. The molecule has 0 bridgehead atoms. The summed E-state index contributed by atoms with van der Waals surface area (Å²) in [6, 6.07) is 1.72. The van der Waals surface area contributed by atoms with Gasteiger partial charge in [0.15, 0.2) is 0 Å². The van der Waals surface area contributed by atoms with Gasteiger partial charge in [0, 0.05) is 6.07 Å². The summed E-state index contributed by atoms with van der Waals surface area (Å²) in [5.74, 6) is 0.0443. The number of rotatable bonds is 4. The zero-order valence-corrected chi connectivity index (χ0v) is 11.0. The fourth-order valence-electron chi connectivity index (χ4n) is 2.33. The molecule has 1 aliphatic rings. The molecule has 0 spiro atoms. The number of carbonyl (C=O) groups is 1. The van der Waals surface area contributed by atoms with Crippen molar-refractivity contribution in [2.75, 3.05) is 19.6 Å². The monoisotopic (exact) mass is 291 g/mol. The molecule has 0 aromatic carbocycles. The maximum Gasteiger partial charge on any atom is 0.405 e. The number of halogens is 3. The Labute approximate surface area is 114 Å². The normalized spacial score (nSPS) is 20.3. The number of nitrogens with one attached hydrogen (secondary N) is 1. The van der Waals surface area contributed by atoms with Crippen molar-refractivity contribution in [1.82, 2.24) is 15.4 Å². The molecule has 1 saturated heterocycles. The molecule has 1 amide bonds. The molecule has 1 aliphatic heterocycles. The van der Waals surface area contributed by atoms with Crippen molar-refractivity contribution >= 4 is 5.91 Å². The van der Waals surface area contributed by atoms with Gasteiger partial charge in [-0.15, -0.1) is 0 Å². The van der Waals surface area contributed by atoms with E-state index in [4.69, 9.17) is 4.52 Å². The molecule has 112 valence electrons. The Morgan fingerprint density at radius 2 is 2.35 bits per heavy atom. The maximum absolute atomic E-state index is 12.0. The van der Waals surface area contributed by atoms with Crippen LogP contribution in [0, 0.1) is 6.92 Å². The summed E-state index contributed by atoms with van der Waals surface area (Å²) in [7, 11) is 0. The Balaban J connectivity index is 1.90. The smallest absolute Gasteiger partial charge is 0.361 e. The van der Waals surface area contributed by atoms with Crippen LogP contribution < -0.4 is 5.32 Å². The second kappa shape index (κ2) is 5.82. The summed E-state index contributed by atoms with van der Waals surface area (Å²) in [6.07, 6.45) is -2.69. The Bertz CT molecular complexity index is 473. The van der Waals surface area contributed by atoms with Gasteiger partial charge in [-0.1, -0.05) is 5.16 Å². The van der Waals surface area contributed by atoms with Crippen molar-refractivity contribution in [3.05, 3.63) is 17.5 Å². The lowest BCUT2D eigenvalue weighted by atomic mass is 10.1. The van der Waals surface area contributed by atoms with Crippen LogP contribution in [0.1, 0.15) is 30.3 Å². The van der Waals surface area contributed by atoms with Crippen LogP contribution in [0.2, 0.25) is 0 Å². The molecule has 1 aromatic rings. The second-order valence-corrected chi connectivity index (χ2v) is 4.88. The van der Waals surface area contributed by atoms with E-state index < -0.39 is 18.6 Å². The average Bonchev–Trinajstić information content (AvgIpc) is 2.94. The van der Waals surface area contributed by atoms with E-state index in [1.807, 2.05) is 10.2 Å². The highest BCUT2D eigenvalue weighted by molar-refractivity contribution is 5.78. The number of hydrogen-bond donors (Lipinski definition) is 1. The molecule has 0 aliphatic carbocycles. The van der Waals surface area contributed by atoms with E-state index in [0.29, 0.717) is 12.3 Å². The van der Waals surface area contributed by atoms with Gasteiger partial charge in [0.05, 0.1) is 12.6 Å². The van der Waals surface area contributed by atoms with Crippen LogP contribution in [0.3, 0.4) is 0 Å². The van der Waals surface area contributed by atoms with Crippen LogP contribution >= 0.6 is 0 Å². The highest BCUT2D eigenvalue weighted by Crippen LogP contribution is 2.30. The average molecular weight is 291 g/mol. The summed E-state index contributed by atoms with van der Waals surface area (Å²) >= 11 is 0. The zero-order valence-electron chi connectivity index (χ0n) is 11.0. The fraction of sp³-hybridized carbons (Fsp3) is 0.667. The van der Waals surface area contributed by atoms with Gasteiger partial charge >= 0.3 is 6.18 Å². The third kappa shape index (κ3) is 3.96. The van der Waals surface area contributed by atoms with Crippen LogP contribution in [0.15, 0.2) is 10.6 Å². The predicted molar refractivity (Wildman–Crippen MR) is 63.9 cm³/mol. The third-order valence-electron chi connectivity index (χ3n) is 3.18. The molecule has 1 N–H and O–H groups in total. The Hall–Kier alpha value is -1.57. The predicted octanol–water partition coefficient (Wildman–Crippen LogP) is 1.80. The van der Waals surface area contributed by atoms with E-state index in [1.165, 1.54) is 0 Å². The van der Waals surface area contributed by atoms with Gasteiger partial charge in [-0.2, -0.15) is 13.2 Å². The third-order valence-corrected chi connectivity index (χ3v) is 3.18. The van der Waals surface area contributed by atoms with Gasteiger partial charge in [0.25, 0.3) is 0 Å². The van der Waals surface area contributed by atoms with Gasteiger partial charge in [0.1, 0.15) is 18.0 Å². The molecule has 0 saturated carbocycles. The molecular weight excluding hydrogens is 275 g/mol. The van der Waals surface area contributed by atoms with E-state index in [9.17, 15) is 18.0 Å². The van der Waals surface area contributed by atoms with Gasteiger partial charge < -0.3 is 9.84 Å². The molecule has 0 radical (unpaired) electrons. The van der Waals surface area contributed by atoms with Crippen molar-refractivity contribution in [3.8, 4) is 0 Å². The Morgan fingerprint density at radius 1 is 1.60 bits per heavy atom. The number of likely N-dealkylation sites (tertiary alicyclic amines) is 1. The van der Waals surface area contributed by atoms with Gasteiger partial charge in [0.2, 0.25) is 5.91 Å². The van der Waals surface area contributed by atoms with E-state index in [2.05, 4.69) is 5.16 Å². The number of hydrogen-bond acceptors (Lipinski definition) is 4. The molecule has 2 rings (SSSR count). The molecule has 5 nitrogen and oxygen atoms in total. The summed E-state index contributed by atoms with van der Waals surface area (Å²) < 4.78 is 41.1. The molecule has 1 atom stereocenters. The van der Waals surface area contributed by atoms with E-state index in [-0.39, 0.29) is 12.6 Å². The van der Waals surface area contributed by atoms with E-state index in [1.54, 1.807) is 13.0 Å². The first kappa shape index (κ1) is 14.8. The molecular formula is C12H16F3N3O2. The molecule has 2 heterocycles. The van der Waals surface area contributed by atoms with Crippen molar-refractivity contribution in [1.29, 1.82) is 0 Å². The minimum Gasteiger partial charge on any atom is -0.361 e. The molecule has 0 unspecified atom stereocenters. The van der Waals surface area contributed by atoms with E-state index in [0.717, 1.165) is 18.5 Å². The first-order valence-corrected chi connectivity index (χ1v) is 6.36. The van der Waals surface area contributed by atoms with Crippen LogP contribution in [0.5, 0.6) is 0 Å². The van der Waals surface area contributed by atoms with Gasteiger partial charge in [-0.3, -0.25) is 9.69 Å². The quantitative estimate of drug-likeness (QED) is 0.919. The number of nitrogens with zero attached hydrogens (tertiary/aromatic N) is 2. The first-order valence-electron chi connectivity index (χ1n) is 6.36. The van der Waals surface area contributed by atoms with Crippen molar-refractivity contribution in [2.45, 2.75) is 32.0 Å². The molecule has 1 fully saturated rings.